The van der Waals surface area contributed by atoms with E-state index in [0.717, 1.165) is 0 Å². The van der Waals surface area contributed by atoms with Crippen LogP contribution in [0, 0.1) is 0 Å². The van der Waals surface area contributed by atoms with Crippen molar-refractivity contribution in [2.75, 3.05) is 12.3 Å². The summed E-state index contributed by atoms with van der Waals surface area (Å²) in [5.74, 6) is -0.409. The van der Waals surface area contributed by atoms with Gasteiger partial charge in [0.25, 0.3) is 0 Å². The van der Waals surface area contributed by atoms with Crippen molar-refractivity contribution in [1.29, 1.82) is 0 Å². The number of nitrogens with two attached hydrogens (primary N) is 1. The number of rotatable bonds is 5. The normalized spacial score (nSPS) is 11.5. The first-order valence-corrected chi connectivity index (χ1v) is 5.68. The molecule has 0 spiro atoms. The summed E-state index contributed by atoms with van der Waals surface area (Å²) in [6.45, 7) is 6.12. The van der Waals surface area contributed by atoms with E-state index in [1.54, 1.807) is 30.7 Å². The summed E-state index contributed by atoms with van der Waals surface area (Å²) in [5, 5.41) is 9.49. The third-order valence-corrected chi connectivity index (χ3v) is 2.41. The molecule has 1 aromatic rings. The van der Waals surface area contributed by atoms with Gasteiger partial charge in [-0.3, -0.25) is 0 Å². The van der Waals surface area contributed by atoms with Crippen molar-refractivity contribution >= 4 is 11.7 Å². The number of anilines is 1. The molecule has 5 nitrogen and oxygen atoms in total. The maximum absolute atomic E-state index is 11.7. The zero-order valence-corrected chi connectivity index (χ0v) is 10.6. The van der Waals surface area contributed by atoms with E-state index in [4.69, 9.17) is 10.5 Å². The third-order valence-electron chi connectivity index (χ3n) is 2.41. The molecule has 0 fully saturated rings. The Morgan fingerprint density at radius 3 is 2.76 bits per heavy atom. The fourth-order valence-electron chi connectivity index (χ4n) is 1.43. The minimum atomic E-state index is -0.827. The van der Waals surface area contributed by atoms with E-state index in [0.29, 0.717) is 24.3 Å². The van der Waals surface area contributed by atoms with Gasteiger partial charge in [-0.1, -0.05) is 0 Å². The van der Waals surface area contributed by atoms with Crippen LogP contribution in [0.25, 0.3) is 0 Å². The summed E-state index contributed by atoms with van der Waals surface area (Å²) in [7, 11) is 0. The lowest BCUT2D eigenvalue weighted by Crippen LogP contribution is -2.22. The minimum Gasteiger partial charge on any atom is -0.461 e. The molecule has 0 unspecified atom stereocenters. The number of carbonyl (C=O) groups is 1. The van der Waals surface area contributed by atoms with E-state index >= 15 is 0 Å². The number of nitrogen functional groups attached to an aromatic ring is 1. The molecule has 0 aliphatic heterocycles. The average molecular weight is 240 g/mol. The average Bonchev–Trinajstić information content (AvgIpc) is 2.57. The van der Waals surface area contributed by atoms with Gasteiger partial charge in [0, 0.05) is 19.2 Å². The largest absolute Gasteiger partial charge is 0.461 e. The first-order valence-electron chi connectivity index (χ1n) is 5.68. The molecule has 1 rings (SSSR count). The molecule has 1 aromatic heterocycles. The number of ether oxygens (including phenoxy) is 1. The van der Waals surface area contributed by atoms with Crippen LogP contribution >= 0.6 is 0 Å². The van der Waals surface area contributed by atoms with Crippen LogP contribution in [-0.2, 0) is 11.3 Å². The first-order chi connectivity index (χ1) is 7.83. The fourth-order valence-corrected chi connectivity index (χ4v) is 1.43. The predicted octanol–water partition coefficient (Wildman–Crippen LogP) is 1.41. The first kappa shape index (κ1) is 13.6. The molecule has 3 N–H and O–H groups in total. The van der Waals surface area contributed by atoms with Crippen LogP contribution in [0.3, 0.4) is 0 Å². The van der Waals surface area contributed by atoms with Crippen LogP contribution in [0.15, 0.2) is 12.3 Å². The molecule has 17 heavy (non-hydrogen) atoms. The molecule has 5 heteroatoms. The number of aromatic nitrogens is 1. The Balaban J connectivity index is 2.58. The second-order valence-corrected chi connectivity index (χ2v) is 4.64. The number of nitrogens with zero attached hydrogens (tertiary/aromatic N) is 1. The highest BCUT2D eigenvalue weighted by Gasteiger charge is 2.16. The van der Waals surface area contributed by atoms with E-state index in [-0.39, 0.29) is 6.61 Å². The van der Waals surface area contributed by atoms with Gasteiger partial charge in [0.1, 0.15) is 5.69 Å². The minimum absolute atomic E-state index is 0.192. The van der Waals surface area contributed by atoms with Gasteiger partial charge in [-0.15, -0.1) is 0 Å². The van der Waals surface area contributed by atoms with Crippen LogP contribution in [-0.4, -0.2) is 27.9 Å². The highest BCUT2D eigenvalue weighted by Crippen LogP contribution is 2.13. The molecule has 0 saturated carbocycles. The van der Waals surface area contributed by atoms with Gasteiger partial charge in [-0.05, 0) is 26.8 Å². The number of hydrogen-bond donors (Lipinski definition) is 2. The summed E-state index contributed by atoms with van der Waals surface area (Å²) >= 11 is 0. The molecule has 0 aliphatic rings. The molecule has 0 radical (unpaired) electrons. The van der Waals surface area contributed by atoms with Crippen LogP contribution < -0.4 is 5.73 Å². The predicted molar refractivity (Wildman–Crippen MR) is 65.7 cm³/mol. The number of aryl methyl sites for hydroxylation is 1. The zero-order chi connectivity index (χ0) is 13.1. The second-order valence-electron chi connectivity index (χ2n) is 4.64. The highest BCUT2D eigenvalue weighted by molar-refractivity contribution is 5.89. The van der Waals surface area contributed by atoms with Crippen molar-refractivity contribution in [3.05, 3.63) is 18.0 Å². The smallest absolute Gasteiger partial charge is 0.355 e. The van der Waals surface area contributed by atoms with Crippen molar-refractivity contribution in [1.82, 2.24) is 4.57 Å². The summed E-state index contributed by atoms with van der Waals surface area (Å²) in [6, 6.07) is 1.59. The Bertz CT molecular complexity index is 391. The van der Waals surface area contributed by atoms with Gasteiger partial charge in [0.15, 0.2) is 0 Å². The van der Waals surface area contributed by atoms with Gasteiger partial charge in [-0.2, -0.15) is 0 Å². The fraction of sp³-hybridized carbons (Fsp3) is 0.583. The maximum Gasteiger partial charge on any atom is 0.355 e. The molecule has 1 heterocycles. The van der Waals surface area contributed by atoms with E-state index in [1.165, 1.54) is 0 Å². The molecular formula is C12H20N2O3. The molecule has 0 amide bonds. The molecule has 96 valence electrons. The lowest BCUT2D eigenvalue weighted by atomic mass is 10.1. The van der Waals surface area contributed by atoms with Gasteiger partial charge in [0.2, 0.25) is 0 Å². The molecule has 0 atom stereocenters. The van der Waals surface area contributed by atoms with Crippen molar-refractivity contribution < 1.29 is 14.6 Å². The van der Waals surface area contributed by atoms with E-state index in [2.05, 4.69) is 0 Å². The van der Waals surface area contributed by atoms with E-state index in [1.807, 2.05) is 6.92 Å². The maximum atomic E-state index is 11.7. The monoisotopic (exact) mass is 240 g/mol. The van der Waals surface area contributed by atoms with Crippen LogP contribution in [0.1, 0.15) is 37.7 Å². The van der Waals surface area contributed by atoms with Gasteiger partial charge in [-0.25, -0.2) is 4.79 Å². The SMILES string of the molecule is CCn1cc(N)cc1C(=O)OCCC(C)(C)O. The van der Waals surface area contributed by atoms with Crippen molar-refractivity contribution in [3.8, 4) is 0 Å². The Kier molecular flexibility index (Phi) is 4.17. The summed E-state index contributed by atoms with van der Waals surface area (Å²) in [6.07, 6.45) is 2.10. The van der Waals surface area contributed by atoms with Crippen LogP contribution in [0.5, 0.6) is 0 Å². The van der Waals surface area contributed by atoms with Crippen molar-refractivity contribution in [2.24, 2.45) is 0 Å². The molecular weight excluding hydrogens is 220 g/mol. The molecule has 0 aromatic carbocycles. The Morgan fingerprint density at radius 2 is 2.24 bits per heavy atom. The van der Waals surface area contributed by atoms with E-state index < -0.39 is 11.6 Å². The quantitative estimate of drug-likeness (QED) is 0.763. The van der Waals surface area contributed by atoms with Crippen LogP contribution in [0.2, 0.25) is 0 Å². The van der Waals surface area contributed by atoms with Crippen molar-refractivity contribution in [2.45, 2.75) is 39.3 Å². The van der Waals surface area contributed by atoms with Gasteiger partial charge >= 0.3 is 5.97 Å². The lowest BCUT2D eigenvalue weighted by Gasteiger charge is -2.16. The summed E-state index contributed by atoms with van der Waals surface area (Å²) < 4.78 is 6.82. The Labute approximate surface area is 101 Å². The summed E-state index contributed by atoms with van der Waals surface area (Å²) in [5.41, 5.74) is 5.78. The number of carbonyl (C=O) groups excluding carboxylic acids is 1. The number of aliphatic hydroxyl groups is 1. The number of hydrogen-bond acceptors (Lipinski definition) is 4. The lowest BCUT2D eigenvalue weighted by molar-refractivity contribution is 0.0237. The van der Waals surface area contributed by atoms with Gasteiger partial charge in [0.05, 0.1) is 17.9 Å². The summed E-state index contributed by atoms with van der Waals surface area (Å²) in [4.78, 5) is 11.7. The van der Waals surface area contributed by atoms with E-state index in [9.17, 15) is 9.90 Å². The van der Waals surface area contributed by atoms with Gasteiger partial charge < -0.3 is 20.1 Å². The molecule has 0 bridgehead atoms. The molecule has 0 aliphatic carbocycles. The molecule has 0 saturated heterocycles. The van der Waals surface area contributed by atoms with Crippen LogP contribution in [0.4, 0.5) is 5.69 Å². The highest BCUT2D eigenvalue weighted by atomic mass is 16.5. The Hall–Kier alpha value is -1.49. The van der Waals surface area contributed by atoms with Crippen molar-refractivity contribution in [3.63, 3.8) is 0 Å². The second kappa shape index (κ2) is 5.23. The zero-order valence-electron chi connectivity index (χ0n) is 10.6. The third kappa shape index (κ3) is 4.11. The topological polar surface area (TPSA) is 77.5 Å². The standard InChI is InChI=1S/C12H20N2O3/c1-4-14-8-9(13)7-10(14)11(15)17-6-5-12(2,3)16/h7-8,16H,4-6,13H2,1-3H3. The Morgan fingerprint density at radius 1 is 1.59 bits per heavy atom. The number of esters is 1.